The normalized spacial score (nSPS) is 39.4. The zero-order chi connectivity index (χ0) is 14.1. The largest absolute Gasteiger partial charge is 0.462 e. The highest BCUT2D eigenvalue weighted by molar-refractivity contribution is 5.79. The Morgan fingerprint density at radius 2 is 2.00 bits per heavy atom. The molecule has 0 amide bonds. The van der Waals surface area contributed by atoms with Gasteiger partial charge in [0, 0.05) is 0 Å². The number of aliphatic hydroxyl groups is 4. The van der Waals surface area contributed by atoms with Gasteiger partial charge in [0.15, 0.2) is 6.10 Å². The quantitative estimate of drug-likeness (QED) is 0.438. The second kappa shape index (κ2) is 5.02. The highest BCUT2D eigenvalue weighted by Gasteiger charge is 2.71. The molecule has 0 aromatic carbocycles. The average molecular weight is 272 g/mol. The number of aliphatic hydroxyl groups excluding tert-OH is 3. The lowest BCUT2D eigenvalue weighted by atomic mass is 9.91. The van der Waals surface area contributed by atoms with Crippen LogP contribution in [0.1, 0.15) is 6.92 Å². The Morgan fingerprint density at radius 1 is 1.44 bits per heavy atom. The van der Waals surface area contributed by atoms with E-state index in [0.29, 0.717) is 0 Å². The minimum atomic E-state index is -4.48. The first-order chi connectivity index (χ1) is 8.22. The number of halogens is 2. The van der Waals surface area contributed by atoms with E-state index in [9.17, 15) is 28.9 Å². The van der Waals surface area contributed by atoms with Crippen LogP contribution in [0.2, 0.25) is 0 Å². The molecule has 1 aliphatic rings. The molecule has 4 atom stereocenters. The van der Waals surface area contributed by atoms with Crippen LogP contribution in [0.15, 0.2) is 0 Å². The molecule has 0 aromatic heterocycles. The third-order valence-corrected chi connectivity index (χ3v) is 2.58. The third kappa shape index (κ3) is 2.08. The summed E-state index contributed by atoms with van der Waals surface area (Å²) in [5.74, 6) is -10.0. The molecule has 7 nitrogen and oxygen atoms in total. The van der Waals surface area contributed by atoms with Gasteiger partial charge in [0.2, 0.25) is 0 Å². The standard InChI is InChI=1S/C9H14F2O7/c1-2-17-7(15)9(16)8(10,11)6(14)5(13)4(3-12)18-9/h4-6,12-14,16H,2-3H2,1H3/t4-,5-,6+,9+/m1/s1. The van der Waals surface area contributed by atoms with Gasteiger partial charge in [-0.05, 0) is 6.92 Å². The lowest BCUT2D eigenvalue weighted by Crippen LogP contribution is -2.72. The van der Waals surface area contributed by atoms with Crippen LogP contribution in [-0.4, -0.2) is 69.6 Å². The van der Waals surface area contributed by atoms with E-state index in [1.807, 2.05) is 0 Å². The summed E-state index contributed by atoms with van der Waals surface area (Å²) < 4.78 is 35.8. The molecule has 18 heavy (non-hydrogen) atoms. The Kier molecular flexibility index (Phi) is 4.23. The Morgan fingerprint density at radius 3 is 2.44 bits per heavy atom. The van der Waals surface area contributed by atoms with Crippen LogP contribution in [0.3, 0.4) is 0 Å². The van der Waals surface area contributed by atoms with Crippen molar-refractivity contribution in [3.8, 4) is 0 Å². The first kappa shape index (κ1) is 15.2. The second-order valence-corrected chi connectivity index (χ2v) is 3.76. The molecule has 0 radical (unpaired) electrons. The summed E-state index contributed by atoms with van der Waals surface area (Å²) in [6, 6.07) is 0. The predicted molar refractivity (Wildman–Crippen MR) is 50.5 cm³/mol. The van der Waals surface area contributed by atoms with Crippen molar-refractivity contribution in [2.75, 3.05) is 13.2 Å². The van der Waals surface area contributed by atoms with Gasteiger partial charge < -0.3 is 29.9 Å². The summed E-state index contributed by atoms with van der Waals surface area (Å²) in [6.45, 7) is 0.0378. The summed E-state index contributed by atoms with van der Waals surface area (Å²) >= 11 is 0. The molecule has 1 heterocycles. The minimum Gasteiger partial charge on any atom is -0.462 e. The van der Waals surface area contributed by atoms with Gasteiger partial charge >= 0.3 is 17.7 Å². The SMILES string of the molecule is CCOC(=O)[C@]1(O)O[C@H](CO)[C@@H](O)[C@H](O)C1(F)F. The van der Waals surface area contributed by atoms with Gasteiger partial charge in [-0.25, -0.2) is 4.79 Å². The van der Waals surface area contributed by atoms with Crippen LogP contribution in [0.4, 0.5) is 8.78 Å². The number of alkyl halides is 2. The molecular formula is C9H14F2O7. The summed E-state index contributed by atoms with van der Waals surface area (Å²) in [4.78, 5) is 11.3. The van der Waals surface area contributed by atoms with Crippen molar-refractivity contribution < 1.29 is 43.5 Å². The minimum absolute atomic E-state index is 0.303. The average Bonchev–Trinajstić information content (AvgIpc) is 2.32. The Bertz CT molecular complexity index is 324. The second-order valence-electron chi connectivity index (χ2n) is 3.76. The molecule has 9 heteroatoms. The molecular weight excluding hydrogens is 258 g/mol. The Hall–Kier alpha value is -0.870. The zero-order valence-electron chi connectivity index (χ0n) is 9.42. The van der Waals surface area contributed by atoms with Crippen LogP contribution in [0.5, 0.6) is 0 Å². The molecule has 4 N–H and O–H groups in total. The molecule has 1 saturated heterocycles. The molecule has 0 bridgehead atoms. The number of carbonyl (C=O) groups is 1. The van der Waals surface area contributed by atoms with Gasteiger partial charge in [-0.1, -0.05) is 0 Å². The van der Waals surface area contributed by atoms with Crippen LogP contribution in [0.25, 0.3) is 0 Å². The maximum absolute atomic E-state index is 13.6. The van der Waals surface area contributed by atoms with E-state index in [-0.39, 0.29) is 6.61 Å². The van der Waals surface area contributed by atoms with Crippen LogP contribution < -0.4 is 0 Å². The molecule has 0 unspecified atom stereocenters. The molecule has 1 rings (SSSR count). The van der Waals surface area contributed by atoms with E-state index in [1.165, 1.54) is 6.92 Å². The van der Waals surface area contributed by atoms with Gasteiger partial charge in [0.1, 0.15) is 12.2 Å². The molecule has 0 aliphatic carbocycles. The van der Waals surface area contributed by atoms with E-state index >= 15 is 0 Å². The van der Waals surface area contributed by atoms with Gasteiger partial charge in [0.05, 0.1) is 13.2 Å². The van der Waals surface area contributed by atoms with Gasteiger partial charge in [-0.2, -0.15) is 8.78 Å². The first-order valence-corrected chi connectivity index (χ1v) is 5.14. The van der Waals surface area contributed by atoms with Crippen LogP contribution in [0, 0.1) is 0 Å². The smallest absolute Gasteiger partial charge is 0.373 e. The first-order valence-electron chi connectivity index (χ1n) is 5.14. The van der Waals surface area contributed by atoms with Gasteiger partial charge in [0.25, 0.3) is 0 Å². The zero-order valence-corrected chi connectivity index (χ0v) is 9.42. The fourth-order valence-corrected chi connectivity index (χ4v) is 1.54. The van der Waals surface area contributed by atoms with Gasteiger partial charge in [-0.3, -0.25) is 0 Å². The van der Waals surface area contributed by atoms with E-state index in [4.69, 9.17) is 5.11 Å². The van der Waals surface area contributed by atoms with Gasteiger partial charge in [-0.15, -0.1) is 0 Å². The topological polar surface area (TPSA) is 116 Å². The fraction of sp³-hybridized carbons (Fsp3) is 0.889. The highest BCUT2D eigenvalue weighted by Crippen LogP contribution is 2.41. The Labute approximate surface area is 101 Å². The number of hydrogen-bond donors (Lipinski definition) is 4. The monoisotopic (exact) mass is 272 g/mol. The van der Waals surface area contributed by atoms with E-state index in [1.54, 1.807) is 0 Å². The molecule has 1 aliphatic heterocycles. The van der Waals surface area contributed by atoms with Crippen LogP contribution in [-0.2, 0) is 14.3 Å². The highest BCUT2D eigenvalue weighted by atomic mass is 19.3. The van der Waals surface area contributed by atoms with Crippen molar-refractivity contribution >= 4 is 5.97 Å². The summed E-state index contributed by atoms with van der Waals surface area (Å²) in [5, 5.41) is 36.8. The van der Waals surface area contributed by atoms with Crippen molar-refractivity contribution in [1.29, 1.82) is 0 Å². The van der Waals surface area contributed by atoms with E-state index < -0.39 is 42.6 Å². The molecule has 0 aromatic rings. The third-order valence-electron chi connectivity index (χ3n) is 2.58. The van der Waals surface area contributed by atoms with E-state index in [2.05, 4.69) is 9.47 Å². The predicted octanol–water partition coefficient (Wildman–Crippen LogP) is -2.01. The molecule has 1 fully saturated rings. The van der Waals surface area contributed by atoms with Crippen LogP contribution >= 0.6 is 0 Å². The summed E-state index contributed by atoms with van der Waals surface area (Å²) in [7, 11) is 0. The van der Waals surface area contributed by atoms with E-state index in [0.717, 1.165) is 0 Å². The number of hydrogen-bond acceptors (Lipinski definition) is 7. The Balaban J connectivity index is 3.11. The lowest BCUT2D eigenvalue weighted by Gasteiger charge is -2.45. The number of carbonyl (C=O) groups excluding carboxylic acids is 1. The van der Waals surface area contributed by atoms with Crippen molar-refractivity contribution in [3.05, 3.63) is 0 Å². The maximum Gasteiger partial charge on any atom is 0.373 e. The molecule has 106 valence electrons. The van der Waals surface area contributed by atoms with Crippen molar-refractivity contribution in [2.24, 2.45) is 0 Å². The van der Waals surface area contributed by atoms with Crippen molar-refractivity contribution in [2.45, 2.75) is 36.9 Å². The van der Waals surface area contributed by atoms with Crippen molar-refractivity contribution in [3.63, 3.8) is 0 Å². The molecule has 0 spiro atoms. The van der Waals surface area contributed by atoms with Crippen molar-refractivity contribution in [1.82, 2.24) is 0 Å². The summed E-state index contributed by atoms with van der Waals surface area (Å²) in [6.07, 6.45) is -6.67. The molecule has 0 saturated carbocycles. The number of esters is 1. The summed E-state index contributed by atoms with van der Waals surface area (Å²) in [5.41, 5.74) is 0. The number of rotatable bonds is 3. The number of ether oxygens (including phenoxy) is 2. The maximum atomic E-state index is 13.6. The lowest BCUT2D eigenvalue weighted by molar-refractivity contribution is -0.391. The fourth-order valence-electron chi connectivity index (χ4n) is 1.54.